The van der Waals surface area contributed by atoms with Crippen molar-refractivity contribution in [3.8, 4) is 11.5 Å². The van der Waals surface area contributed by atoms with Crippen LogP contribution in [-0.2, 0) is 4.79 Å². The molecule has 0 saturated carbocycles. The van der Waals surface area contributed by atoms with E-state index in [1.165, 1.54) is 0 Å². The van der Waals surface area contributed by atoms with Crippen LogP contribution in [-0.4, -0.2) is 18.6 Å². The van der Waals surface area contributed by atoms with Gasteiger partial charge in [-0.2, -0.15) is 0 Å². The molecule has 0 saturated heterocycles. The normalized spacial score (nSPS) is 11.6. The first kappa shape index (κ1) is 17.2. The molecule has 4 nitrogen and oxygen atoms in total. The van der Waals surface area contributed by atoms with E-state index in [1.807, 2.05) is 32.0 Å². The Morgan fingerprint density at radius 3 is 2.52 bits per heavy atom. The highest BCUT2D eigenvalue weighted by atomic mass is 35.5. The van der Waals surface area contributed by atoms with Gasteiger partial charge in [-0.15, -0.1) is 0 Å². The fourth-order valence-corrected chi connectivity index (χ4v) is 2.18. The van der Waals surface area contributed by atoms with Gasteiger partial charge in [0.25, 0.3) is 5.91 Å². The molecule has 0 aliphatic heterocycles. The van der Waals surface area contributed by atoms with Gasteiger partial charge in [-0.05, 0) is 49.7 Å². The van der Waals surface area contributed by atoms with Crippen molar-refractivity contribution >= 4 is 23.2 Å². The Labute approximate surface area is 141 Å². The minimum Gasteiger partial charge on any atom is -0.494 e. The number of benzene rings is 2. The lowest BCUT2D eigenvalue weighted by Crippen LogP contribution is -2.32. The Bertz CT molecular complexity index is 643. The van der Waals surface area contributed by atoms with Crippen molar-refractivity contribution < 1.29 is 14.3 Å². The van der Waals surface area contributed by atoms with E-state index in [9.17, 15) is 4.79 Å². The van der Waals surface area contributed by atoms with E-state index >= 15 is 0 Å². The number of carbonyl (C=O) groups is 1. The summed E-state index contributed by atoms with van der Waals surface area (Å²) in [5.74, 6) is 1.13. The van der Waals surface area contributed by atoms with Crippen LogP contribution in [0.15, 0.2) is 48.5 Å². The maximum Gasteiger partial charge on any atom is 0.265 e. The predicted molar refractivity (Wildman–Crippen MR) is 92.4 cm³/mol. The summed E-state index contributed by atoms with van der Waals surface area (Å²) in [4.78, 5) is 12.4. The first-order chi connectivity index (χ1) is 11.1. The molecule has 0 aliphatic rings. The number of amides is 1. The molecule has 0 radical (unpaired) electrons. The molecule has 122 valence electrons. The van der Waals surface area contributed by atoms with Gasteiger partial charge in [0.2, 0.25) is 0 Å². The number of ether oxygens (including phenoxy) is 2. The van der Waals surface area contributed by atoms with Crippen LogP contribution in [0.4, 0.5) is 5.69 Å². The van der Waals surface area contributed by atoms with Gasteiger partial charge in [0, 0.05) is 16.8 Å². The number of rotatable bonds is 7. The summed E-state index contributed by atoms with van der Waals surface area (Å²) in [5, 5.41) is 3.48. The second-order valence-electron chi connectivity index (χ2n) is 4.92. The van der Waals surface area contributed by atoms with E-state index in [2.05, 4.69) is 5.32 Å². The van der Waals surface area contributed by atoms with E-state index in [4.69, 9.17) is 21.1 Å². The zero-order valence-corrected chi connectivity index (χ0v) is 14.0. The van der Waals surface area contributed by atoms with E-state index in [0.29, 0.717) is 29.5 Å². The quantitative estimate of drug-likeness (QED) is 0.809. The second kappa shape index (κ2) is 8.44. The zero-order valence-electron chi connectivity index (χ0n) is 13.2. The molecule has 1 N–H and O–H groups in total. The van der Waals surface area contributed by atoms with E-state index in [1.54, 1.807) is 30.3 Å². The Morgan fingerprint density at radius 1 is 1.13 bits per heavy atom. The molecule has 0 unspecified atom stereocenters. The number of hydrogen-bond acceptors (Lipinski definition) is 3. The molecule has 0 bridgehead atoms. The van der Waals surface area contributed by atoms with Gasteiger partial charge < -0.3 is 14.8 Å². The fourth-order valence-electron chi connectivity index (χ4n) is 2.05. The van der Waals surface area contributed by atoms with Crippen LogP contribution in [0.1, 0.15) is 20.3 Å². The smallest absolute Gasteiger partial charge is 0.265 e. The van der Waals surface area contributed by atoms with Gasteiger partial charge in [-0.25, -0.2) is 0 Å². The van der Waals surface area contributed by atoms with Crippen LogP contribution >= 0.6 is 11.6 Å². The maximum atomic E-state index is 12.4. The molecule has 1 amide bonds. The molecule has 0 heterocycles. The highest BCUT2D eigenvalue weighted by molar-refractivity contribution is 6.30. The third kappa shape index (κ3) is 5.18. The van der Waals surface area contributed by atoms with Crippen LogP contribution in [0.3, 0.4) is 0 Å². The summed E-state index contributed by atoms with van der Waals surface area (Å²) >= 11 is 5.85. The number of nitrogens with one attached hydrogen (secondary N) is 1. The minimum absolute atomic E-state index is 0.198. The summed E-state index contributed by atoms with van der Waals surface area (Å²) in [7, 11) is 0. The molecule has 5 heteroatoms. The molecular weight excluding hydrogens is 314 g/mol. The third-order valence-corrected chi connectivity index (χ3v) is 3.42. The molecule has 1 atom stereocenters. The third-order valence-electron chi connectivity index (χ3n) is 3.17. The first-order valence-electron chi connectivity index (χ1n) is 7.58. The highest BCUT2D eigenvalue weighted by Crippen LogP contribution is 2.20. The van der Waals surface area contributed by atoms with Crippen molar-refractivity contribution in [2.75, 3.05) is 11.9 Å². The number of hydrogen-bond donors (Lipinski definition) is 1. The Kier molecular flexibility index (Phi) is 6.29. The van der Waals surface area contributed by atoms with Crippen molar-refractivity contribution in [2.45, 2.75) is 26.4 Å². The lowest BCUT2D eigenvalue weighted by atomic mass is 10.2. The van der Waals surface area contributed by atoms with E-state index in [0.717, 1.165) is 5.75 Å². The van der Waals surface area contributed by atoms with Gasteiger partial charge in [0.15, 0.2) is 6.10 Å². The van der Waals surface area contributed by atoms with Crippen molar-refractivity contribution in [2.24, 2.45) is 0 Å². The maximum absolute atomic E-state index is 12.4. The van der Waals surface area contributed by atoms with Gasteiger partial charge in [0.1, 0.15) is 11.5 Å². The van der Waals surface area contributed by atoms with Crippen LogP contribution < -0.4 is 14.8 Å². The summed E-state index contributed by atoms with van der Waals surface area (Å²) in [6, 6.07) is 14.2. The standard InChI is InChI=1S/C18H20ClNO3/c1-3-17(23-15-10-8-13(19)9-11-15)18(21)20-14-6-5-7-16(12-14)22-4-2/h5-12,17H,3-4H2,1-2H3,(H,20,21)/t17-/m1/s1. The summed E-state index contributed by atoms with van der Waals surface area (Å²) in [6.45, 7) is 4.39. The number of carbonyl (C=O) groups excluding carboxylic acids is 1. The van der Waals surface area contributed by atoms with Crippen LogP contribution in [0.2, 0.25) is 5.02 Å². The Morgan fingerprint density at radius 2 is 1.87 bits per heavy atom. The Hall–Kier alpha value is -2.20. The largest absolute Gasteiger partial charge is 0.494 e. The minimum atomic E-state index is -0.577. The molecule has 23 heavy (non-hydrogen) atoms. The highest BCUT2D eigenvalue weighted by Gasteiger charge is 2.18. The Balaban J connectivity index is 2.02. The lowest BCUT2D eigenvalue weighted by molar-refractivity contribution is -0.122. The SMILES string of the molecule is CCOc1cccc(NC(=O)[C@@H](CC)Oc2ccc(Cl)cc2)c1. The van der Waals surface area contributed by atoms with Crippen molar-refractivity contribution in [1.29, 1.82) is 0 Å². The summed E-state index contributed by atoms with van der Waals surface area (Å²) in [5.41, 5.74) is 0.680. The average Bonchev–Trinajstić information content (AvgIpc) is 2.55. The first-order valence-corrected chi connectivity index (χ1v) is 7.96. The lowest BCUT2D eigenvalue weighted by Gasteiger charge is -2.17. The predicted octanol–water partition coefficient (Wildman–Crippen LogP) is 4.53. The molecule has 2 aromatic carbocycles. The van der Waals surface area contributed by atoms with Gasteiger partial charge >= 0.3 is 0 Å². The molecular formula is C18H20ClNO3. The van der Waals surface area contributed by atoms with E-state index < -0.39 is 6.10 Å². The molecule has 0 fully saturated rings. The number of halogens is 1. The molecule has 0 aromatic heterocycles. The van der Waals surface area contributed by atoms with Gasteiger partial charge in [-0.3, -0.25) is 4.79 Å². The molecule has 2 rings (SSSR count). The van der Waals surface area contributed by atoms with Crippen LogP contribution in [0.5, 0.6) is 11.5 Å². The van der Waals surface area contributed by atoms with Crippen molar-refractivity contribution in [1.82, 2.24) is 0 Å². The number of anilines is 1. The molecule has 2 aromatic rings. The monoisotopic (exact) mass is 333 g/mol. The van der Waals surface area contributed by atoms with Crippen molar-refractivity contribution in [3.05, 3.63) is 53.6 Å². The average molecular weight is 334 g/mol. The summed E-state index contributed by atoms with van der Waals surface area (Å²) < 4.78 is 11.2. The zero-order chi connectivity index (χ0) is 16.7. The van der Waals surface area contributed by atoms with Crippen molar-refractivity contribution in [3.63, 3.8) is 0 Å². The topological polar surface area (TPSA) is 47.6 Å². The van der Waals surface area contributed by atoms with E-state index in [-0.39, 0.29) is 5.91 Å². The summed E-state index contributed by atoms with van der Waals surface area (Å²) in [6.07, 6.45) is -0.0218. The second-order valence-corrected chi connectivity index (χ2v) is 5.36. The van der Waals surface area contributed by atoms with Gasteiger partial charge in [-0.1, -0.05) is 24.6 Å². The van der Waals surface area contributed by atoms with Crippen LogP contribution in [0.25, 0.3) is 0 Å². The van der Waals surface area contributed by atoms with Gasteiger partial charge in [0.05, 0.1) is 6.61 Å². The fraction of sp³-hybridized carbons (Fsp3) is 0.278. The molecule has 0 aliphatic carbocycles. The molecule has 0 spiro atoms. The van der Waals surface area contributed by atoms with Crippen LogP contribution in [0, 0.1) is 0 Å².